The molecule has 0 unspecified atom stereocenters. The minimum absolute atomic E-state index is 0.0391. The van der Waals surface area contributed by atoms with Crippen molar-refractivity contribution < 1.29 is 4.79 Å². The highest BCUT2D eigenvalue weighted by Gasteiger charge is 2.30. The van der Waals surface area contributed by atoms with Gasteiger partial charge < -0.3 is 15.2 Å². The molecule has 8 heteroatoms. The molecular formula is C23H24N6O2. The Morgan fingerprint density at radius 2 is 2.03 bits per heavy atom. The first-order valence-corrected chi connectivity index (χ1v) is 10.7. The maximum absolute atomic E-state index is 12.7. The van der Waals surface area contributed by atoms with Crippen molar-refractivity contribution in [1.29, 1.82) is 5.26 Å². The van der Waals surface area contributed by atoms with Crippen LogP contribution >= 0.6 is 0 Å². The van der Waals surface area contributed by atoms with Crippen LogP contribution < -0.4 is 10.9 Å². The second-order valence-electron chi connectivity index (χ2n) is 8.43. The fraction of sp³-hybridized carbons (Fsp3) is 0.391. The molecule has 1 fully saturated rings. The number of nitrogens with one attached hydrogen (secondary N) is 2. The van der Waals surface area contributed by atoms with E-state index in [1.807, 2.05) is 28.9 Å². The Bertz CT molecular complexity index is 1270. The number of aromatic amines is 1. The first-order chi connectivity index (χ1) is 15.0. The van der Waals surface area contributed by atoms with Gasteiger partial charge in [0.05, 0.1) is 23.5 Å². The van der Waals surface area contributed by atoms with Crippen LogP contribution in [0.2, 0.25) is 0 Å². The van der Waals surface area contributed by atoms with Crippen molar-refractivity contribution in [3.63, 3.8) is 0 Å². The molecule has 3 heterocycles. The van der Waals surface area contributed by atoms with E-state index in [4.69, 9.17) is 5.10 Å². The molecule has 2 atom stereocenters. The number of carbonyl (C=O) groups excluding carboxylic acids is 1. The van der Waals surface area contributed by atoms with Gasteiger partial charge in [0, 0.05) is 31.9 Å². The first-order valence-electron chi connectivity index (χ1n) is 10.7. The normalized spacial score (nSPS) is 20.5. The molecule has 0 radical (unpaired) electrons. The van der Waals surface area contributed by atoms with Crippen molar-refractivity contribution >= 4 is 28.3 Å². The number of H-pyrrole nitrogens is 1. The molecule has 0 saturated heterocycles. The smallest absolute Gasteiger partial charge is 0.261 e. The van der Waals surface area contributed by atoms with E-state index in [2.05, 4.69) is 16.4 Å². The molecular weight excluding hydrogens is 392 g/mol. The molecule has 158 valence electrons. The van der Waals surface area contributed by atoms with Gasteiger partial charge >= 0.3 is 0 Å². The number of nitriles is 1. The standard InChI is InChI=1S/C23H24N6O2/c1-14(30)28-12-16-6-7-18(10-17(16)13-28)26-22-21-20(8-9-25-23(21)31)29(27-22)19-5-3-2-4-15(19)11-24/h6-10,15,19H,2-5,12-13H2,1H3,(H,25,31)(H,26,27)/t15-,19+/m1/s1. The van der Waals surface area contributed by atoms with E-state index < -0.39 is 0 Å². The lowest BCUT2D eigenvalue weighted by atomic mass is 9.85. The van der Waals surface area contributed by atoms with Gasteiger partial charge in [0.2, 0.25) is 5.91 Å². The van der Waals surface area contributed by atoms with Crippen molar-refractivity contribution in [2.45, 2.75) is 51.7 Å². The zero-order chi connectivity index (χ0) is 21.5. The van der Waals surface area contributed by atoms with Gasteiger partial charge in [-0.1, -0.05) is 18.9 Å². The van der Waals surface area contributed by atoms with Gasteiger partial charge in [0.15, 0.2) is 5.82 Å². The van der Waals surface area contributed by atoms with Gasteiger partial charge in [0.25, 0.3) is 5.56 Å². The van der Waals surface area contributed by atoms with Gasteiger partial charge in [0.1, 0.15) is 5.39 Å². The average Bonchev–Trinajstić information content (AvgIpc) is 3.36. The highest BCUT2D eigenvalue weighted by atomic mass is 16.2. The molecule has 2 aliphatic rings. The summed E-state index contributed by atoms with van der Waals surface area (Å²) in [6.45, 7) is 2.79. The van der Waals surface area contributed by atoms with Crippen LogP contribution in [0.3, 0.4) is 0 Å². The van der Waals surface area contributed by atoms with Crippen LogP contribution in [0, 0.1) is 17.2 Å². The van der Waals surface area contributed by atoms with Crippen LogP contribution in [0.4, 0.5) is 11.5 Å². The summed E-state index contributed by atoms with van der Waals surface area (Å²) in [4.78, 5) is 28.9. The molecule has 0 spiro atoms. The van der Waals surface area contributed by atoms with Crippen molar-refractivity contribution in [1.82, 2.24) is 19.7 Å². The Balaban J connectivity index is 1.53. The minimum Gasteiger partial charge on any atom is -0.338 e. The highest BCUT2D eigenvalue weighted by molar-refractivity contribution is 5.91. The number of hydrogen-bond donors (Lipinski definition) is 2. The molecule has 2 N–H and O–H groups in total. The summed E-state index contributed by atoms with van der Waals surface area (Å²) in [5, 5.41) is 18.2. The number of nitrogens with zero attached hydrogens (tertiary/aromatic N) is 4. The third-order valence-electron chi connectivity index (χ3n) is 6.48. The number of carbonyl (C=O) groups is 1. The van der Waals surface area contributed by atoms with E-state index in [0.29, 0.717) is 24.3 Å². The van der Waals surface area contributed by atoms with E-state index in [-0.39, 0.29) is 23.4 Å². The van der Waals surface area contributed by atoms with Crippen molar-refractivity contribution in [2.75, 3.05) is 5.32 Å². The van der Waals surface area contributed by atoms with Crippen LogP contribution in [-0.4, -0.2) is 25.6 Å². The van der Waals surface area contributed by atoms with Gasteiger partial charge in [-0.2, -0.15) is 10.4 Å². The SMILES string of the molecule is CC(=O)N1Cc2ccc(Nc3nn([C@H]4CCCC[C@@H]4C#N)c4cc[nH]c(=O)c34)cc2C1. The van der Waals surface area contributed by atoms with Gasteiger partial charge in [-0.3, -0.25) is 14.3 Å². The second-order valence-corrected chi connectivity index (χ2v) is 8.43. The third-order valence-corrected chi connectivity index (χ3v) is 6.48. The molecule has 3 aromatic rings. The van der Waals surface area contributed by atoms with Crippen LogP contribution in [-0.2, 0) is 17.9 Å². The number of anilines is 2. The summed E-state index contributed by atoms with van der Waals surface area (Å²) < 4.78 is 1.87. The van der Waals surface area contributed by atoms with Crippen molar-refractivity contribution in [3.8, 4) is 6.07 Å². The summed E-state index contributed by atoms with van der Waals surface area (Å²) in [5.41, 5.74) is 3.57. The Hall–Kier alpha value is -3.60. The predicted octanol–water partition coefficient (Wildman–Crippen LogP) is 3.59. The molecule has 0 bridgehead atoms. The summed E-state index contributed by atoms with van der Waals surface area (Å²) in [6.07, 6.45) is 5.45. The number of pyridine rings is 1. The Morgan fingerprint density at radius 3 is 2.84 bits per heavy atom. The Morgan fingerprint density at radius 1 is 1.23 bits per heavy atom. The molecule has 1 amide bonds. The number of benzene rings is 1. The molecule has 5 rings (SSSR count). The lowest BCUT2D eigenvalue weighted by Gasteiger charge is -2.27. The summed E-state index contributed by atoms with van der Waals surface area (Å²) in [6, 6.07) is 10.2. The predicted molar refractivity (Wildman–Crippen MR) is 117 cm³/mol. The average molecular weight is 416 g/mol. The van der Waals surface area contributed by atoms with Crippen LogP contribution in [0.15, 0.2) is 35.3 Å². The molecule has 1 aromatic carbocycles. The zero-order valence-electron chi connectivity index (χ0n) is 17.4. The highest BCUT2D eigenvalue weighted by Crippen LogP contribution is 2.37. The lowest BCUT2D eigenvalue weighted by molar-refractivity contribution is -0.129. The molecule has 1 aliphatic carbocycles. The topological polar surface area (TPSA) is 107 Å². The molecule has 31 heavy (non-hydrogen) atoms. The number of fused-ring (bicyclic) bond motifs is 2. The van der Waals surface area contributed by atoms with E-state index >= 15 is 0 Å². The number of amides is 1. The summed E-state index contributed by atoms with van der Waals surface area (Å²) >= 11 is 0. The van der Waals surface area contributed by atoms with Crippen LogP contribution in [0.5, 0.6) is 0 Å². The molecule has 1 aliphatic heterocycles. The minimum atomic E-state index is -0.209. The summed E-state index contributed by atoms with van der Waals surface area (Å²) in [7, 11) is 0. The van der Waals surface area contributed by atoms with E-state index in [0.717, 1.165) is 48.0 Å². The van der Waals surface area contributed by atoms with Crippen molar-refractivity contribution in [2.24, 2.45) is 5.92 Å². The second kappa shape index (κ2) is 7.58. The Kier molecular flexibility index (Phi) is 4.74. The monoisotopic (exact) mass is 416 g/mol. The van der Waals surface area contributed by atoms with Gasteiger partial charge in [-0.05, 0) is 42.2 Å². The third kappa shape index (κ3) is 3.36. The maximum Gasteiger partial charge on any atom is 0.261 e. The number of aromatic nitrogens is 3. The van der Waals surface area contributed by atoms with Gasteiger partial charge in [-0.25, -0.2) is 0 Å². The van der Waals surface area contributed by atoms with Crippen LogP contribution in [0.25, 0.3) is 10.9 Å². The molecule has 1 saturated carbocycles. The molecule has 2 aromatic heterocycles. The lowest BCUT2D eigenvalue weighted by Crippen LogP contribution is -2.23. The first kappa shape index (κ1) is 19.4. The maximum atomic E-state index is 12.7. The van der Waals surface area contributed by atoms with E-state index in [1.54, 1.807) is 18.0 Å². The number of hydrogen-bond acceptors (Lipinski definition) is 5. The molecule has 8 nitrogen and oxygen atoms in total. The summed E-state index contributed by atoms with van der Waals surface area (Å²) in [5.74, 6) is 0.434. The fourth-order valence-electron chi connectivity index (χ4n) is 4.83. The largest absolute Gasteiger partial charge is 0.338 e. The quantitative estimate of drug-likeness (QED) is 0.679. The van der Waals surface area contributed by atoms with Crippen LogP contribution in [0.1, 0.15) is 49.8 Å². The van der Waals surface area contributed by atoms with E-state index in [9.17, 15) is 14.9 Å². The van der Waals surface area contributed by atoms with Crippen molar-refractivity contribution in [3.05, 3.63) is 51.9 Å². The van der Waals surface area contributed by atoms with E-state index in [1.165, 1.54) is 0 Å². The number of rotatable bonds is 3. The fourth-order valence-corrected chi connectivity index (χ4v) is 4.83. The van der Waals surface area contributed by atoms with Gasteiger partial charge in [-0.15, -0.1) is 0 Å². The Labute approximate surface area is 179 Å². The zero-order valence-corrected chi connectivity index (χ0v) is 17.4.